The van der Waals surface area contributed by atoms with E-state index in [4.69, 9.17) is 9.98 Å². The fourth-order valence-corrected chi connectivity index (χ4v) is 5.66. The van der Waals surface area contributed by atoms with Crippen molar-refractivity contribution in [1.82, 2.24) is 0 Å². The third kappa shape index (κ3) is 5.22. The van der Waals surface area contributed by atoms with Crippen LogP contribution in [0.15, 0.2) is 116 Å². The first-order valence-electron chi connectivity index (χ1n) is 12.8. The van der Waals surface area contributed by atoms with Gasteiger partial charge in [0.2, 0.25) is 0 Å². The molecule has 0 aliphatic heterocycles. The first-order chi connectivity index (χ1) is 20.3. The Bertz CT molecular complexity index is 1920. The highest BCUT2D eigenvalue weighted by atomic mass is 79.9. The minimum absolute atomic E-state index is 0.228. The lowest BCUT2D eigenvalue weighted by Crippen LogP contribution is -1.90. The lowest BCUT2D eigenvalue weighted by atomic mass is 9.91. The monoisotopic (exact) mass is 680 g/mol. The summed E-state index contributed by atoms with van der Waals surface area (Å²) in [5.74, 6) is -0.958. The van der Waals surface area contributed by atoms with Crippen LogP contribution in [0.1, 0.15) is 11.1 Å². The molecular formula is C34H22Br2N2O4. The number of fused-ring (bicyclic) bond motifs is 2. The number of rotatable bonds is 5. The number of para-hydroxylation sites is 2. The van der Waals surface area contributed by atoms with E-state index in [1.165, 1.54) is 24.6 Å². The van der Waals surface area contributed by atoms with Gasteiger partial charge in [-0.2, -0.15) is 0 Å². The highest BCUT2D eigenvalue weighted by molar-refractivity contribution is 9.10. The van der Waals surface area contributed by atoms with Gasteiger partial charge in [-0.3, -0.25) is 9.98 Å². The number of benzene rings is 6. The molecule has 0 fully saturated rings. The summed E-state index contributed by atoms with van der Waals surface area (Å²) in [6.07, 6.45) is 3.04. The second kappa shape index (κ2) is 11.3. The molecule has 0 aliphatic rings. The summed E-state index contributed by atoms with van der Waals surface area (Å²) in [7, 11) is 0. The van der Waals surface area contributed by atoms with E-state index in [9.17, 15) is 20.4 Å². The molecule has 0 aromatic heterocycles. The van der Waals surface area contributed by atoms with Crippen LogP contribution in [0.5, 0.6) is 23.0 Å². The van der Waals surface area contributed by atoms with Crippen LogP contribution in [-0.2, 0) is 0 Å². The van der Waals surface area contributed by atoms with Gasteiger partial charge in [-0.15, -0.1) is 0 Å². The zero-order valence-electron chi connectivity index (χ0n) is 21.8. The van der Waals surface area contributed by atoms with Gasteiger partial charge < -0.3 is 20.4 Å². The molecule has 0 amide bonds. The maximum Gasteiger partial charge on any atom is 0.166 e. The number of hydrogen-bond donors (Lipinski definition) is 4. The predicted octanol–water partition coefficient (Wildman–Crippen LogP) is 9.51. The van der Waals surface area contributed by atoms with Crippen LogP contribution in [0.2, 0.25) is 0 Å². The molecule has 8 heteroatoms. The molecular weight excluding hydrogens is 660 g/mol. The van der Waals surface area contributed by atoms with Crippen molar-refractivity contribution in [3.63, 3.8) is 0 Å². The van der Waals surface area contributed by atoms with E-state index in [2.05, 4.69) is 31.9 Å². The molecule has 6 aromatic rings. The summed E-state index contributed by atoms with van der Waals surface area (Å²) >= 11 is 7.16. The first kappa shape index (κ1) is 27.5. The van der Waals surface area contributed by atoms with Crippen LogP contribution in [-0.4, -0.2) is 32.9 Å². The average Bonchev–Trinajstić information content (AvgIpc) is 2.98. The topological polar surface area (TPSA) is 106 Å². The molecule has 206 valence electrons. The van der Waals surface area contributed by atoms with E-state index in [0.29, 0.717) is 22.5 Å². The molecule has 42 heavy (non-hydrogen) atoms. The van der Waals surface area contributed by atoms with Gasteiger partial charge in [-0.25, -0.2) is 0 Å². The quantitative estimate of drug-likeness (QED) is 0.107. The van der Waals surface area contributed by atoms with Crippen molar-refractivity contribution >= 4 is 77.2 Å². The zero-order chi connectivity index (χ0) is 29.4. The van der Waals surface area contributed by atoms with Crippen molar-refractivity contribution in [2.24, 2.45) is 9.98 Å². The molecule has 4 N–H and O–H groups in total. The molecule has 0 saturated heterocycles. The average molecular weight is 682 g/mol. The second-order valence-electron chi connectivity index (χ2n) is 9.60. The van der Waals surface area contributed by atoms with Crippen LogP contribution >= 0.6 is 31.9 Å². The molecule has 6 rings (SSSR count). The Morgan fingerprint density at radius 1 is 0.500 bits per heavy atom. The van der Waals surface area contributed by atoms with Gasteiger partial charge >= 0.3 is 0 Å². The van der Waals surface area contributed by atoms with E-state index in [-0.39, 0.29) is 23.0 Å². The van der Waals surface area contributed by atoms with E-state index in [1.54, 1.807) is 24.3 Å². The molecule has 0 aliphatic carbocycles. The van der Waals surface area contributed by atoms with Crippen molar-refractivity contribution in [3.8, 4) is 34.1 Å². The molecule has 0 radical (unpaired) electrons. The minimum atomic E-state index is -0.251. The largest absolute Gasteiger partial charge is 0.504 e. The lowest BCUT2D eigenvalue weighted by Gasteiger charge is -2.16. The summed E-state index contributed by atoms with van der Waals surface area (Å²) in [5, 5.41) is 44.6. The van der Waals surface area contributed by atoms with Gasteiger partial charge in [-0.05, 0) is 82.2 Å². The van der Waals surface area contributed by atoms with Crippen molar-refractivity contribution in [2.45, 2.75) is 0 Å². The Kier molecular flexibility index (Phi) is 7.41. The third-order valence-electron chi connectivity index (χ3n) is 6.95. The van der Waals surface area contributed by atoms with Gasteiger partial charge in [0.1, 0.15) is 0 Å². The van der Waals surface area contributed by atoms with Crippen molar-refractivity contribution in [1.29, 1.82) is 0 Å². The van der Waals surface area contributed by atoms with Crippen LogP contribution in [0.25, 0.3) is 32.7 Å². The minimum Gasteiger partial charge on any atom is -0.504 e. The van der Waals surface area contributed by atoms with Crippen molar-refractivity contribution in [3.05, 3.63) is 117 Å². The van der Waals surface area contributed by atoms with Gasteiger partial charge in [0.05, 0.1) is 11.4 Å². The predicted molar refractivity (Wildman–Crippen MR) is 176 cm³/mol. The number of aromatic hydroxyl groups is 4. The van der Waals surface area contributed by atoms with Crippen LogP contribution in [0, 0.1) is 0 Å². The van der Waals surface area contributed by atoms with Crippen LogP contribution in [0.4, 0.5) is 11.4 Å². The van der Waals surface area contributed by atoms with Crippen LogP contribution < -0.4 is 0 Å². The van der Waals surface area contributed by atoms with Gasteiger partial charge in [0.25, 0.3) is 0 Å². The fraction of sp³-hybridized carbons (Fsp3) is 0. The summed E-state index contributed by atoms with van der Waals surface area (Å²) in [4.78, 5) is 9.59. The number of halogens is 2. The number of phenolic OH excluding ortho intramolecular Hbond substituents is 4. The van der Waals surface area contributed by atoms with Crippen molar-refractivity contribution < 1.29 is 20.4 Å². The molecule has 0 saturated carbocycles. The smallest absolute Gasteiger partial charge is 0.166 e. The van der Waals surface area contributed by atoms with E-state index < -0.39 is 0 Å². The van der Waals surface area contributed by atoms with E-state index in [0.717, 1.165) is 41.6 Å². The number of phenols is 4. The summed E-state index contributed by atoms with van der Waals surface area (Å²) in [6.45, 7) is 0. The van der Waals surface area contributed by atoms with Crippen LogP contribution in [0.3, 0.4) is 0 Å². The Morgan fingerprint density at radius 3 is 1.36 bits per heavy atom. The normalized spacial score (nSPS) is 11.8. The Labute approximate surface area is 257 Å². The fourth-order valence-electron chi connectivity index (χ4n) is 4.90. The van der Waals surface area contributed by atoms with Crippen molar-refractivity contribution in [2.75, 3.05) is 0 Å². The van der Waals surface area contributed by atoms with Gasteiger partial charge in [0.15, 0.2) is 23.0 Å². The van der Waals surface area contributed by atoms with Gasteiger partial charge in [0, 0.05) is 43.6 Å². The Balaban J connectivity index is 1.65. The highest BCUT2D eigenvalue weighted by Crippen LogP contribution is 2.46. The molecule has 6 aromatic carbocycles. The van der Waals surface area contributed by atoms with E-state index >= 15 is 0 Å². The summed E-state index contributed by atoms with van der Waals surface area (Å²) < 4.78 is 1.86. The molecule has 0 heterocycles. The third-order valence-corrected chi connectivity index (χ3v) is 7.93. The number of aliphatic imine (C=N–C) groups is 2. The lowest BCUT2D eigenvalue weighted by molar-refractivity contribution is 0.403. The Morgan fingerprint density at radius 2 is 0.929 bits per heavy atom. The standard InChI is InChI=1S/C34H22Br2N2O4/c35-23-9-11-25-19(15-23)7-13-27(37-17-21-3-1-5-29(39)33(21)41)31(25)32-26-12-10-24(36)16-20(26)8-14-28(32)38-18-22-4-2-6-30(40)34(22)42/h1-18,39-42H. The second-order valence-corrected chi connectivity index (χ2v) is 11.4. The molecule has 6 nitrogen and oxygen atoms in total. The summed E-state index contributed by atoms with van der Waals surface area (Å²) in [5.41, 5.74) is 3.62. The maximum absolute atomic E-state index is 10.4. The highest BCUT2D eigenvalue weighted by Gasteiger charge is 2.18. The molecule has 0 atom stereocenters. The molecule has 0 bridgehead atoms. The van der Waals surface area contributed by atoms with E-state index in [1.807, 2.05) is 60.7 Å². The molecule has 0 unspecified atom stereocenters. The zero-order valence-corrected chi connectivity index (χ0v) is 25.0. The number of nitrogens with zero attached hydrogens (tertiary/aromatic N) is 2. The first-order valence-corrected chi connectivity index (χ1v) is 14.4. The Hall–Kier alpha value is -4.66. The van der Waals surface area contributed by atoms with Gasteiger partial charge in [-0.1, -0.05) is 68.3 Å². The molecule has 0 spiro atoms. The maximum atomic E-state index is 10.4. The number of hydrogen-bond acceptors (Lipinski definition) is 6. The SMILES string of the molecule is Oc1cccc(C=Nc2ccc3cc(Br)ccc3c2-c2c(N=Cc3cccc(O)c3O)ccc3cc(Br)ccc23)c1O. The summed E-state index contributed by atoms with van der Waals surface area (Å²) in [6, 6.07) is 29.3.